The normalized spacial score (nSPS) is 22.2. The Hall–Kier alpha value is -1.72. The van der Waals surface area contributed by atoms with Crippen LogP contribution in [0.4, 0.5) is 16.3 Å². The number of hydrogen-bond acceptors (Lipinski definition) is 6. The van der Waals surface area contributed by atoms with Gasteiger partial charge < -0.3 is 14.5 Å². The summed E-state index contributed by atoms with van der Waals surface area (Å²) in [6, 6.07) is 9.64. The third kappa shape index (κ3) is 6.04. The average molecular weight is 587 g/mol. The number of likely N-dealkylation sites (tertiary alicyclic amines) is 1. The fourth-order valence-electron chi connectivity index (χ4n) is 5.34. The predicted octanol–water partition coefficient (Wildman–Crippen LogP) is 6.47. The van der Waals surface area contributed by atoms with E-state index in [0.717, 1.165) is 78.5 Å². The van der Waals surface area contributed by atoms with Crippen LogP contribution >= 0.6 is 43.9 Å². The Kier molecular flexibility index (Phi) is 8.64. The van der Waals surface area contributed by atoms with Gasteiger partial charge in [0.25, 0.3) is 0 Å². The molecule has 0 saturated carbocycles. The van der Waals surface area contributed by atoms with Crippen molar-refractivity contribution in [2.24, 2.45) is 0 Å². The number of anilines is 2. The molecule has 3 aliphatic rings. The van der Waals surface area contributed by atoms with Crippen molar-refractivity contribution in [3.05, 3.63) is 59.6 Å². The first-order valence-electron chi connectivity index (χ1n) is 13.1. The molecule has 0 spiro atoms. The molecule has 0 radical (unpaired) electrons. The predicted molar refractivity (Wildman–Crippen MR) is 170 cm³/mol. The number of carbonyl (C=O) groups is 1. The van der Waals surface area contributed by atoms with Crippen molar-refractivity contribution in [2.75, 3.05) is 35.4 Å². The second-order valence-corrected chi connectivity index (χ2v) is 13.6. The van der Waals surface area contributed by atoms with Crippen molar-refractivity contribution in [2.45, 2.75) is 55.2 Å². The minimum Gasteiger partial charge on any atom is -0.489 e. The molecule has 10 heteroatoms. The fourth-order valence-corrected chi connectivity index (χ4v) is 6.65. The number of hydrogen-bond donors (Lipinski definition) is 2. The number of carbonyl (C=O) groups excluding carboxylic acids is 1. The molecule has 202 valence electrons. The molecule has 1 aromatic heterocycles. The van der Waals surface area contributed by atoms with E-state index in [-0.39, 0.29) is 17.3 Å². The molecule has 6 nitrogen and oxygen atoms in total. The van der Waals surface area contributed by atoms with Gasteiger partial charge in [-0.3, -0.25) is 0 Å². The van der Waals surface area contributed by atoms with Crippen molar-refractivity contribution in [1.82, 2.24) is 9.88 Å². The third-order valence-electron chi connectivity index (χ3n) is 7.47. The number of ether oxygens (including phenoxy) is 1. The number of benzene rings is 1. The zero-order valence-electron chi connectivity index (χ0n) is 21.7. The van der Waals surface area contributed by atoms with Crippen molar-refractivity contribution >= 4 is 67.0 Å². The van der Waals surface area contributed by atoms with Crippen LogP contribution in [0.3, 0.4) is 0 Å². The summed E-state index contributed by atoms with van der Waals surface area (Å²) in [5.41, 5.74) is 2.87. The Bertz CT molecular complexity index is 1260. The van der Waals surface area contributed by atoms with Gasteiger partial charge in [-0.2, -0.15) is 0 Å². The Morgan fingerprint density at radius 1 is 1.21 bits per heavy atom. The highest BCUT2D eigenvalue weighted by molar-refractivity contribution is 7.82. The van der Waals surface area contributed by atoms with Gasteiger partial charge in [-0.25, -0.2) is 14.1 Å². The summed E-state index contributed by atoms with van der Waals surface area (Å²) in [5.74, 6) is 1.60. The van der Waals surface area contributed by atoms with E-state index in [9.17, 15) is 4.79 Å². The number of pyridine rings is 1. The lowest BCUT2D eigenvalue weighted by Gasteiger charge is -2.36. The van der Waals surface area contributed by atoms with E-state index in [1.165, 1.54) is 9.62 Å². The second-order valence-electron chi connectivity index (χ2n) is 10.6. The van der Waals surface area contributed by atoms with Gasteiger partial charge in [0.05, 0.1) is 0 Å². The van der Waals surface area contributed by atoms with E-state index in [1.807, 2.05) is 41.4 Å². The van der Waals surface area contributed by atoms with E-state index >= 15 is 0 Å². The van der Waals surface area contributed by atoms with Gasteiger partial charge in [0.15, 0.2) is 5.82 Å². The summed E-state index contributed by atoms with van der Waals surface area (Å²) in [6.45, 7) is 5.19. The van der Waals surface area contributed by atoms with E-state index in [0.29, 0.717) is 13.1 Å². The molecule has 2 aromatic rings. The number of nitrogens with zero attached hydrogens (tertiary/aromatic N) is 4. The monoisotopic (exact) mass is 586 g/mol. The summed E-state index contributed by atoms with van der Waals surface area (Å²) in [4.78, 5) is 23.6. The van der Waals surface area contributed by atoms with Crippen LogP contribution in [0.2, 0.25) is 0 Å². The number of rotatable bonds is 5. The van der Waals surface area contributed by atoms with Crippen LogP contribution in [0.1, 0.15) is 44.6 Å². The molecular weight excluding hydrogens is 550 g/mol. The Morgan fingerprint density at radius 3 is 2.66 bits per heavy atom. The number of urea groups is 1. The number of piperidine rings is 1. The molecule has 2 amide bonds. The van der Waals surface area contributed by atoms with E-state index in [2.05, 4.69) is 55.1 Å². The zero-order chi connectivity index (χ0) is 26.9. The SMILES string of the molecule is CC1(P)CCN(c2nccc(C3=C(P)CCC=C3)c2N(S)C(=O)N2CCC(Oc3ccccc3S)CC2)C1. The van der Waals surface area contributed by atoms with Crippen LogP contribution in [0.5, 0.6) is 5.75 Å². The molecule has 5 rings (SSSR count). The van der Waals surface area contributed by atoms with Gasteiger partial charge in [0, 0.05) is 60.8 Å². The molecule has 3 heterocycles. The minimum absolute atomic E-state index is 0.0479. The van der Waals surface area contributed by atoms with Crippen molar-refractivity contribution in [3.8, 4) is 5.75 Å². The van der Waals surface area contributed by atoms with E-state index in [4.69, 9.17) is 22.5 Å². The third-order valence-corrected chi connectivity index (χ3v) is 9.29. The largest absolute Gasteiger partial charge is 0.489 e. The Labute approximate surface area is 241 Å². The molecule has 3 unspecified atom stereocenters. The van der Waals surface area contributed by atoms with E-state index in [1.54, 1.807) is 0 Å². The van der Waals surface area contributed by atoms with Crippen LogP contribution in [-0.4, -0.2) is 53.4 Å². The molecular formula is C28H36N4O2P2S2. The highest BCUT2D eigenvalue weighted by Gasteiger charge is 2.35. The maximum atomic E-state index is 13.9. The number of allylic oxidation sites excluding steroid dienone is 4. The lowest BCUT2D eigenvalue weighted by Crippen LogP contribution is -2.46. The molecule has 1 aromatic carbocycles. The molecule has 2 aliphatic heterocycles. The van der Waals surface area contributed by atoms with Crippen LogP contribution in [0, 0.1) is 0 Å². The van der Waals surface area contributed by atoms with Gasteiger partial charge in [-0.1, -0.05) is 44.0 Å². The fraction of sp³-hybridized carbons (Fsp3) is 0.429. The highest BCUT2D eigenvalue weighted by Crippen LogP contribution is 2.44. The first-order chi connectivity index (χ1) is 18.2. The zero-order valence-corrected chi connectivity index (χ0v) is 25.8. The van der Waals surface area contributed by atoms with E-state index < -0.39 is 0 Å². The number of amides is 2. The quantitative estimate of drug-likeness (QED) is 0.312. The van der Waals surface area contributed by atoms with Crippen molar-refractivity contribution in [3.63, 3.8) is 0 Å². The Morgan fingerprint density at radius 2 is 1.97 bits per heavy atom. The first-order valence-corrected chi connectivity index (χ1v) is 15.1. The van der Waals surface area contributed by atoms with Gasteiger partial charge in [0.1, 0.15) is 17.5 Å². The van der Waals surface area contributed by atoms with Crippen molar-refractivity contribution < 1.29 is 9.53 Å². The van der Waals surface area contributed by atoms with Crippen LogP contribution in [-0.2, 0) is 0 Å². The number of aromatic nitrogens is 1. The molecule has 38 heavy (non-hydrogen) atoms. The number of para-hydroxylation sites is 1. The van der Waals surface area contributed by atoms with Crippen LogP contribution < -0.4 is 13.9 Å². The minimum atomic E-state index is -0.129. The van der Waals surface area contributed by atoms with Gasteiger partial charge in [-0.05, 0) is 48.3 Å². The van der Waals surface area contributed by atoms with Crippen LogP contribution in [0.25, 0.3) is 5.57 Å². The lowest BCUT2D eigenvalue weighted by molar-refractivity contribution is 0.112. The maximum Gasteiger partial charge on any atom is 0.334 e. The van der Waals surface area contributed by atoms with Gasteiger partial charge in [-0.15, -0.1) is 31.1 Å². The molecule has 1 aliphatic carbocycles. The highest BCUT2D eigenvalue weighted by atomic mass is 32.1. The summed E-state index contributed by atoms with van der Waals surface area (Å²) >= 11 is 9.34. The maximum absolute atomic E-state index is 13.9. The Balaban J connectivity index is 1.39. The smallest absolute Gasteiger partial charge is 0.334 e. The second kappa shape index (κ2) is 11.8. The summed E-state index contributed by atoms with van der Waals surface area (Å²) in [6.07, 6.45) is 10.8. The first kappa shape index (κ1) is 27.8. The molecule has 0 bridgehead atoms. The van der Waals surface area contributed by atoms with Gasteiger partial charge >= 0.3 is 6.03 Å². The topological polar surface area (TPSA) is 48.9 Å². The average Bonchev–Trinajstić information content (AvgIpc) is 3.29. The van der Waals surface area contributed by atoms with Crippen LogP contribution in [0.15, 0.2) is 58.9 Å². The van der Waals surface area contributed by atoms with Gasteiger partial charge in [0.2, 0.25) is 0 Å². The number of thiol groups is 2. The molecule has 3 atom stereocenters. The lowest BCUT2D eigenvalue weighted by atomic mass is 9.98. The molecule has 2 fully saturated rings. The van der Waals surface area contributed by atoms with Crippen molar-refractivity contribution in [1.29, 1.82) is 0 Å². The standard InChI is InChI=1S/C28H36N4O2P2S2/c1-28(36)13-17-31(18-28)26-25(21(10-14-29-26)20-6-2-4-8-23(20)35)32(38)27(33)30-15-11-19(12-16-30)34-22-7-3-5-9-24(22)37/h2-3,5-7,9-10,14,19,37-38H,4,8,11-13,15-18,35-36H2,1H3. The molecule has 2 saturated heterocycles. The summed E-state index contributed by atoms with van der Waals surface area (Å²) < 4.78 is 7.72. The summed E-state index contributed by atoms with van der Waals surface area (Å²) in [7, 11) is 5.87. The molecule has 0 N–H and O–H groups in total. The summed E-state index contributed by atoms with van der Waals surface area (Å²) in [5, 5.41) is 1.35.